The first-order valence-corrected chi connectivity index (χ1v) is 5.67. The highest BCUT2D eigenvalue weighted by Gasteiger charge is 2.10. The Morgan fingerprint density at radius 1 is 1.45 bits per heavy atom. The molecule has 0 fully saturated rings. The lowest BCUT2D eigenvalue weighted by Gasteiger charge is -2.11. The van der Waals surface area contributed by atoms with Gasteiger partial charge in [-0.2, -0.15) is 10.3 Å². The van der Waals surface area contributed by atoms with E-state index in [1.807, 2.05) is 18.2 Å². The number of hydrogen-bond acceptors (Lipinski definition) is 6. The van der Waals surface area contributed by atoms with Crippen LogP contribution in [0.15, 0.2) is 47.0 Å². The van der Waals surface area contributed by atoms with E-state index in [0.717, 1.165) is 0 Å². The van der Waals surface area contributed by atoms with E-state index < -0.39 is 0 Å². The molecule has 1 aliphatic rings. The van der Waals surface area contributed by atoms with Crippen molar-refractivity contribution in [2.75, 3.05) is 11.9 Å². The van der Waals surface area contributed by atoms with Gasteiger partial charge in [-0.05, 0) is 12.1 Å². The monoisotopic (exact) mass is 278 g/mol. The van der Waals surface area contributed by atoms with Crippen LogP contribution in [0.25, 0.3) is 5.48 Å². The summed E-state index contributed by atoms with van der Waals surface area (Å²) in [7, 11) is 0. The number of amidine groups is 1. The van der Waals surface area contributed by atoms with E-state index in [9.17, 15) is 4.79 Å². The number of nitrogens with zero attached hydrogens (tertiary/aromatic N) is 2. The minimum Gasteiger partial charge on any atom is -0.470 e. The minimum absolute atomic E-state index is 0.0519. The second-order valence-corrected chi connectivity index (χ2v) is 3.80. The average Bonchev–Trinajstić information content (AvgIpc) is 2.86. The van der Waals surface area contributed by atoms with Crippen LogP contribution in [0.1, 0.15) is 0 Å². The molecule has 0 radical (unpaired) electrons. The van der Waals surface area contributed by atoms with Gasteiger partial charge in [0.15, 0.2) is 12.4 Å². The SMILES string of the molecule is NC1=NO[N-]C1=C(N)[NH2+]OCC(=O)Nc1ccccc1. The van der Waals surface area contributed by atoms with Crippen molar-refractivity contribution in [1.29, 1.82) is 0 Å². The van der Waals surface area contributed by atoms with Gasteiger partial charge >= 0.3 is 0 Å². The summed E-state index contributed by atoms with van der Waals surface area (Å²) in [4.78, 5) is 21.0. The molecule has 1 aromatic rings. The van der Waals surface area contributed by atoms with Crippen LogP contribution in [0.5, 0.6) is 0 Å². The fourth-order valence-electron chi connectivity index (χ4n) is 1.38. The van der Waals surface area contributed by atoms with Crippen LogP contribution in [-0.2, 0) is 14.6 Å². The Kier molecular flexibility index (Phi) is 4.37. The van der Waals surface area contributed by atoms with Gasteiger partial charge in [0.05, 0.1) is 0 Å². The molecular weight excluding hydrogens is 264 g/mol. The van der Waals surface area contributed by atoms with Crippen molar-refractivity contribution in [3.05, 3.63) is 47.3 Å². The van der Waals surface area contributed by atoms with Crippen molar-refractivity contribution in [3.63, 3.8) is 0 Å². The Morgan fingerprint density at radius 3 is 2.85 bits per heavy atom. The number of nitrogens with two attached hydrogens (primary N) is 3. The molecule has 7 N–H and O–H groups in total. The van der Waals surface area contributed by atoms with Gasteiger partial charge in [0.25, 0.3) is 5.91 Å². The summed E-state index contributed by atoms with van der Waals surface area (Å²) in [6, 6.07) is 9.02. The zero-order valence-electron chi connectivity index (χ0n) is 10.4. The largest absolute Gasteiger partial charge is 0.470 e. The third-order valence-corrected chi connectivity index (χ3v) is 2.27. The first-order valence-electron chi connectivity index (χ1n) is 5.67. The van der Waals surface area contributed by atoms with Crippen LogP contribution in [0.4, 0.5) is 5.69 Å². The zero-order valence-corrected chi connectivity index (χ0v) is 10.4. The number of carbonyl (C=O) groups is 1. The summed E-state index contributed by atoms with van der Waals surface area (Å²) in [5.74, 6) is -0.140. The molecule has 0 saturated carbocycles. The molecule has 1 aromatic carbocycles. The topological polar surface area (TPSA) is 143 Å². The summed E-state index contributed by atoms with van der Waals surface area (Å²) in [5.41, 5.74) is 16.6. The molecule has 9 heteroatoms. The van der Waals surface area contributed by atoms with Gasteiger partial charge in [0.1, 0.15) is 0 Å². The Hall–Kier alpha value is -2.78. The molecule has 0 unspecified atom stereocenters. The van der Waals surface area contributed by atoms with Crippen LogP contribution in [0.2, 0.25) is 0 Å². The number of anilines is 1. The maximum Gasteiger partial charge on any atom is 0.256 e. The summed E-state index contributed by atoms with van der Waals surface area (Å²) in [5, 5.41) is 6.03. The summed E-state index contributed by atoms with van der Waals surface area (Å²) in [6.07, 6.45) is 0. The van der Waals surface area contributed by atoms with Gasteiger partial charge < -0.3 is 27.2 Å². The molecule has 0 spiro atoms. The third kappa shape index (κ3) is 3.60. The Morgan fingerprint density at radius 2 is 2.20 bits per heavy atom. The van der Waals surface area contributed by atoms with Crippen molar-refractivity contribution in [1.82, 2.24) is 0 Å². The van der Waals surface area contributed by atoms with E-state index in [0.29, 0.717) is 5.69 Å². The first-order chi connectivity index (χ1) is 9.66. The maximum absolute atomic E-state index is 11.6. The third-order valence-electron chi connectivity index (χ3n) is 2.27. The van der Waals surface area contributed by atoms with Crippen molar-refractivity contribution >= 4 is 17.4 Å². The van der Waals surface area contributed by atoms with E-state index in [-0.39, 0.29) is 29.9 Å². The number of nitrogens with one attached hydrogen (secondary N) is 1. The zero-order chi connectivity index (χ0) is 14.4. The smallest absolute Gasteiger partial charge is 0.256 e. The van der Waals surface area contributed by atoms with E-state index in [4.69, 9.17) is 16.3 Å². The van der Waals surface area contributed by atoms with Crippen LogP contribution < -0.4 is 22.3 Å². The van der Waals surface area contributed by atoms with Crippen molar-refractivity contribution in [2.45, 2.75) is 0 Å². The fourth-order valence-corrected chi connectivity index (χ4v) is 1.38. The summed E-state index contributed by atoms with van der Waals surface area (Å²) >= 11 is 0. The molecule has 106 valence electrons. The van der Waals surface area contributed by atoms with Crippen molar-refractivity contribution in [2.24, 2.45) is 16.6 Å². The molecule has 0 atom stereocenters. The predicted molar refractivity (Wildman–Crippen MR) is 70.2 cm³/mol. The summed E-state index contributed by atoms with van der Waals surface area (Å²) in [6.45, 7) is -0.194. The van der Waals surface area contributed by atoms with Crippen LogP contribution in [-0.4, -0.2) is 18.3 Å². The van der Waals surface area contributed by atoms with Gasteiger partial charge in [-0.25, -0.2) is 0 Å². The van der Waals surface area contributed by atoms with Gasteiger partial charge in [-0.1, -0.05) is 23.4 Å². The Labute approximate surface area is 114 Å². The first kappa shape index (κ1) is 13.6. The van der Waals surface area contributed by atoms with E-state index >= 15 is 0 Å². The number of carbonyl (C=O) groups excluding carboxylic acids is 1. The normalized spacial score (nSPS) is 15.9. The predicted octanol–water partition coefficient (Wildman–Crippen LogP) is -1.16. The number of hydroxylamine groups is 2. The lowest BCUT2D eigenvalue weighted by molar-refractivity contribution is -0.860. The Bertz CT molecular complexity index is 542. The van der Waals surface area contributed by atoms with Crippen LogP contribution >= 0.6 is 0 Å². The number of benzene rings is 1. The number of oxime groups is 1. The molecule has 1 aliphatic heterocycles. The molecule has 1 amide bonds. The van der Waals surface area contributed by atoms with Gasteiger partial charge in [0.2, 0.25) is 5.82 Å². The molecule has 9 nitrogen and oxygen atoms in total. The van der Waals surface area contributed by atoms with Gasteiger partial charge in [-0.15, -0.1) is 0 Å². The molecule has 0 aliphatic carbocycles. The lowest BCUT2D eigenvalue weighted by atomic mass is 10.3. The minimum atomic E-state index is -0.313. The number of quaternary nitrogens is 1. The second kappa shape index (κ2) is 6.41. The average molecular weight is 278 g/mol. The van der Waals surface area contributed by atoms with E-state index in [1.54, 1.807) is 12.1 Å². The van der Waals surface area contributed by atoms with Crippen molar-refractivity contribution in [3.8, 4) is 0 Å². The Balaban J connectivity index is 1.76. The maximum atomic E-state index is 11.6. The van der Waals surface area contributed by atoms with Gasteiger partial charge in [-0.3, -0.25) is 4.79 Å². The molecule has 1 heterocycles. The fraction of sp³-hybridized carbons (Fsp3) is 0.0909. The molecule has 0 bridgehead atoms. The van der Waals surface area contributed by atoms with Crippen LogP contribution in [0.3, 0.4) is 0 Å². The quantitative estimate of drug-likeness (QED) is 0.502. The second-order valence-electron chi connectivity index (χ2n) is 3.80. The number of hydrogen-bond donors (Lipinski definition) is 4. The van der Waals surface area contributed by atoms with E-state index in [2.05, 4.69) is 20.9 Å². The molecule has 0 aromatic heterocycles. The lowest BCUT2D eigenvalue weighted by Crippen LogP contribution is -2.84. The highest BCUT2D eigenvalue weighted by molar-refractivity contribution is 6.00. The highest BCUT2D eigenvalue weighted by Crippen LogP contribution is 2.13. The highest BCUT2D eigenvalue weighted by atomic mass is 16.8. The summed E-state index contributed by atoms with van der Waals surface area (Å²) < 4.78 is 0. The molecule has 0 saturated heterocycles. The molecule has 20 heavy (non-hydrogen) atoms. The number of rotatable bonds is 5. The van der Waals surface area contributed by atoms with Gasteiger partial charge in [0, 0.05) is 11.4 Å². The standard InChI is InChI=1S/C11H13N6O3/c12-10(9-11(13)17-20-15-9)16-19-6-8(18)14-7-4-2-1-3-5-7/h1-5H,6H2,(H,14,18)(H5,12,13,16,17)/q-1/p+1. The molecular formula is C11H14N6O3. The van der Waals surface area contributed by atoms with E-state index in [1.165, 1.54) is 5.48 Å². The molecule has 2 rings (SSSR count). The number of para-hydroxylation sites is 1. The van der Waals surface area contributed by atoms with Crippen molar-refractivity contribution < 1.29 is 20.1 Å². The van der Waals surface area contributed by atoms with Crippen LogP contribution in [0, 0.1) is 0 Å². The number of amides is 1.